The Morgan fingerprint density at radius 3 is 2.72 bits per heavy atom. The van der Waals surface area contributed by atoms with E-state index in [4.69, 9.17) is 11.6 Å². The first kappa shape index (κ1) is 13.0. The highest BCUT2D eigenvalue weighted by Gasteiger charge is 2.06. The SMILES string of the molecule is Cn1c(SCc2ccc(Cl)cc2)nc(O)cc1=O. The Morgan fingerprint density at radius 2 is 2.06 bits per heavy atom. The predicted molar refractivity (Wildman–Crippen MR) is 72.2 cm³/mol. The van der Waals surface area contributed by atoms with E-state index in [1.54, 1.807) is 7.05 Å². The van der Waals surface area contributed by atoms with Crippen LogP contribution in [0.4, 0.5) is 0 Å². The van der Waals surface area contributed by atoms with Gasteiger partial charge >= 0.3 is 0 Å². The average molecular weight is 283 g/mol. The van der Waals surface area contributed by atoms with Gasteiger partial charge in [-0.15, -0.1) is 0 Å². The van der Waals surface area contributed by atoms with Crippen LogP contribution in [-0.4, -0.2) is 14.7 Å². The number of thioether (sulfide) groups is 1. The third kappa shape index (κ3) is 3.05. The van der Waals surface area contributed by atoms with Gasteiger partial charge in [-0.1, -0.05) is 35.5 Å². The van der Waals surface area contributed by atoms with Crippen molar-refractivity contribution in [1.82, 2.24) is 9.55 Å². The number of rotatable bonds is 3. The minimum absolute atomic E-state index is 0.253. The molecule has 18 heavy (non-hydrogen) atoms. The van der Waals surface area contributed by atoms with E-state index >= 15 is 0 Å². The summed E-state index contributed by atoms with van der Waals surface area (Å²) in [6.45, 7) is 0. The highest BCUT2D eigenvalue weighted by atomic mass is 35.5. The van der Waals surface area contributed by atoms with Crippen LogP contribution < -0.4 is 5.56 Å². The molecule has 0 unspecified atom stereocenters. The first-order chi connectivity index (χ1) is 8.56. The van der Waals surface area contributed by atoms with Crippen LogP contribution in [0, 0.1) is 0 Å². The maximum atomic E-state index is 11.4. The lowest BCUT2D eigenvalue weighted by molar-refractivity contribution is 0.437. The molecule has 0 saturated heterocycles. The van der Waals surface area contributed by atoms with Crippen molar-refractivity contribution in [2.75, 3.05) is 0 Å². The maximum absolute atomic E-state index is 11.4. The lowest BCUT2D eigenvalue weighted by atomic mass is 10.2. The summed E-state index contributed by atoms with van der Waals surface area (Å²) in [7, 11) is 1.62. The van der Waals surface area contributed by atoms with Crippen molar-refractivity contribution in [3.05, 3.63) is 51.3 Å². The fourth-order valence-corrected chi connectivity index (χ4v) is 2.42. The third-order valence-electron chi connectivity index (χ3n) is 2.36. The van der Waals surface area contributed by atoms with Gasteiger partial charge in [-0.25, -0.2) is 0 Å². The molecule has 0 saturated carbocycles. The van der Waals surface area contributed by atoms with Crippen LogP contribution in [0.3, 0.4) is 0 Å². The number of nitrogens with zero attached hydrogens (tertiary/aromatic N) is 2. The topological polar surface area (TPSA) is 55.1 Å². The van der Waals surface area contributed by atoms with Gasteiger partial charge in [0.1, 0.15) is 0 Å². The maximum Gasteiger partial charge on any atom is 0.257 e. The van der Waals surface area contributed by atoms with Crippen LogP contribution in [0.5, 0.6) is 5.88 Å². The summed E-state index contributed by atoms with van der Waals surface area (Å²) in [4.78, 5) is 15.4. The first-order valence-corrected chi connectivity index (χ1v) is 6.57. The highest BCUT2D eigenvalue weighted by molar-refractivity contribution is 7.98. The molecule has 6 heteroatoms. The molecule has 0 radical (unpaired) electrons. The molecule has 0 atom stereocenters. The summed E-state index contributed by atoms with van der Waals surface area (Å²) in [6.07, 6.45) is 0. The molecule has 0 spiro atoms. The Labute approximate surface area is 113 Å². The molecule has 0 aliphatic heterocycles. The summed E-state index contributed by atoms with van der Waals surface area (Å²) < 4.78 is 1.40. The van der Waals surface area contributed by atoms with Crippen molar-refractivity contribution < 1.29 is 5.11 Å². The molecule has 1 N–H and O–H groups in total. The second-order valence-electron chi connectivity index (χ2n) is 3.71. The zero-order valence-electron chi connectivity index (χ0n) is 9.63. The normalized spacial score (nSPS) is 10.6. The van der Waals surface area contributed by atoms with E-state index in [0.29, 0.717) is 15.9 Å². The first-order valence-electron chi connectivity index (χ1n) is 5.20. The number of aromatic hydroxyl groups is 1. The van der Waals surface area contributed by atoms with Gasteiger partial charge in [0.05, 0.1) is 6.07 Å². The summed E-state index contributed by atoms with van der Waals surface area (Å²) in [5.74, 6) is 0.401. The van der Waals surface area contributed by atoms with Crippen molar-refractivity contribution in [2.24, 2.45) is 7.05 Å². The number of hydrogen-bond donors (Lipinski definition) is 1. The van der Waals surface area contributed by atoms with Crippen molar-refractivity contribution in [3.8, 4) is 5.88 Å². The van der Waals surface area contributed by atoms with E-state index in [1.165, 1.54) is 16.3 Å². The van der Waals surface area contributed by atoms with E-state index < -0.39 is 0 Å². The quantitative estimate of drug-likeness (QED) is 0.694. The van der Waals surface area contributed by atoms with Crippen molar-refractivity contribution in [2.45, 2.75) is 10.9 Å². The van der Waals surface area contributed by atoms with E-state index in [9.17, 15) is 9.90 Å². The van der Waals surface area contributed by atoms with Gasteiger partial charge in [-0.05, 0) is 17.7 Å². The number of halogens is 1. The van der Waals surface area contributed by atoms with E-state index in [0.717, 1.165) is 11.6 Å². The minimum Gasteiger partial charge on any atom is -0.493 e. The van der Waals surface area contributed by atoms with E-state index in [1.807, 2.05) is 24.3 Å². The molecule has 0 aliphatic carbocycles. The highest BCUT2D eigenvalue weighted by Crippen LogP contribution is 2.21. The molecule has 0 amide bonds. The molecule has 4 nitrogen and oxygen atoms in total. The van der Waals surface area contributed by atoms with Gasteiger partial charge in [-0.2, -0.15) is 4.98 Å². The van der Waals surface area contributed by atoms with Crippen LogP contribution >= 0.6 is 23.4 Å². The Balaban J connectivity index is 2.15. The minimum atomic E-state index is -0.277. The fourth-order valence-electron chi connectivity index (χ4n) is 1.36. The zero-order chi connectivity index (χ0) is 13.1. The predicted octanol–water partition coefficient (Wildman–Crippen LogP) is 2.43. The lowest BCUT2D eigenvalue weighted by Gasteiger charge is -2.06. The number of hydrogen-bond acceptors (Lipinski definition) is 4. The summed E-state index contributed by atoms with van der Waals surface area (Å²) >= 11 is 7.18. The van der Waals surface area contributed by atoms with Crippen LogP contribution in [-0.2, 0) is 12.8 Å². The third-order valence-corrected chi connectivity index (χ3v) is 3.71. The van der Waals surface area contributed by atoms with Gasteiger partial charge in [0.2, 0.25) is 5.88 Å². The molecule has 0 fully saturated rings. The average Bonchev–Trinajstić information content (AvgIpc) is 2.34. The summed E-state index contributed by atoms with van der Waals surface area (Å²) in [6, 6.07) is 8.54. The summed E-state index contributed by atoms with van der Waals surface area (Å²) in [5, 5.41) is 10.5. The van der Waals surface area contributed by atoms with E-state index in [-0.39, 0.29) is 11.4 Å². The number of aromatic nitrogens is 2. The second kappa shape index (κ2) is 5.46. The fraction of sp³-hybridized carbons (Fsp3) is 0.167. The molecule has 0 aliphatic rings. The van der Waals surface area contributed by atoms with Gasteiger partial charge in [-0.3, -0.25) is 9.36 Å². The zero-order valence-corrected chi connectivity index (χ0v) is 11.2. The van der Waals surface area contributed by atoms with Crippen molar-refractivity contribution in [3.63, 3.8) is 0 Å². The molecule has 2 aromatic rings. The van der Waals surface area contributed by atoms with Crippen LogP contribution in [0.1, 0.15) is 5.56 Å². The molecular formula is C12H11ClN2O2S. The Hall–Kier alpha value is -1.46. The van der Waals surface area contributed by atoms with Gasteiger partial charge in [0, 0.05) is 17.8 Å². The Kier molecular flexibility index (Phi) is 3.93. The molecule has 2 rings (SSSR count). The second-order valence-corrected chi connectivity index (χ2v) is 5.09. The van der Waals surface area contributed by atoms with E-state index in [2.05, 4.69) is 4.98 Å². The largest absolute Gasteiger partial charge is 0.493 e. The van der Waals surface area contributed by atoms with Crippen LogP contribution in [0.15, 0.2) is 40.3 Å². The van der Waals surface area contributed by atoms with Crippen molar-refractivity contribution >= 4 is 23.4 Å². The number of benzene rings is 1. The van der Waals surface area contributed by atoms with Gasteiger partial charge in [0.15, 0.2) is 5.16 Å². The Morgan fingerprint density at radius 1 is 1.39 bits per heavy atom. The van der Waals surface area contributed by atoms with Gasteiger partial charge < -0.3 is 5.11 Å². The lowest BCUT2D eigenvalue weighted by Crippen LogP contribution is -2.18. The molecule has 1 heterocycles. The van der Waals surface area contributed by atoms with Crippen LogP contribution in [0.25, 0.3) is 0 Å². The molecular weight excluding hydrogens is 272 g/mol. The smallest absolute Gasteiger partial charge is 0.257 e. The van der Waals surface area contributed by atoms with Crippen molar-refractivity contribution in [1.29, 1.82) is 0 Å². The standard InChI is InChI=1S/C12H11ClN2O2S/c1-15-11(17)6-10(16)14-12(15)18-7-8-2-4-9(13)5-3-8/h2-6,16H,7H2,1H3. The molecule has 1 aromatic carbocycles. The molecule has 0 bridgehead atoms. The summed E-state index contributed by atoms with van der Waals surface area (Å²) in [5.41, 5.74) is 0.795. The molecule has 1 aromatic heterocycles. The molecule has 94 valence electrons. The monoisotopic (exact) mass is 282 g/mol. The van der Waals surface area contributed by atoms with Crippen LogP contribution in [0.2, 0.25) is 5.02 Å². The Bertz CT molecular complexity index is 610. The van der Waals surface area contributed by atoms with Gasteiger partial charge in [0.25, 0.3) is 5.56 Å².